The Morgan fingerprint density at radius 2 is 1.80 bits per heavy atom. The van der Waals surface area contributed by atoms with Crippen molar-refractivity contribution in [3.05, 3.63) is 0 Å². The molecular formula is C12H26N2O. The highest BCUT2D eigenvalue weighted by molar-refractivity contribution is 5.76. The fourth-order valence-electron chi connectivity index (χ4n) is 1.65. The van der Waals surface area contributed by atoms with Crippen molar-refractivity contribution >= 4 is 5.91 Å². The predicted octanol–water partition coefficient (Wildman–Crippen LogP) is 2.15. The number of carbonyl (C=O) groups is 1. The Morgan fingerprint density at radius 1 is 1.07 bits per heavy atom. The van der Waals surface area contributed by atoms with Crippen molar-refractivity contribution in [2.24, 2.45) is 5.73 Å². The highest BCUT2D eigenvalue weighted by Crippen LogP contribution is 2.05. The molecule has 0 unspecified atom stereocenters. The minimum absolute atomic E-state index is 0.276. The van der Waals surface area contributed by atoms with Crippen molar-refractivity contribution in [2.75, 3.05) is 19.6 Å². The number of carbonyl (C=O) groups excluding carboxylic acids is 1. The Bertz CT molecular complexity index is 154. The van der Waals surface area contributed by atoms with Gasteiger partial charge in [-0.2, -0.15) is 0 Å². The van der Waals surface area contributed by atoms with Crippen molar-refractivity contribution in [3.63, 3.8) is 0 Å². The third-order valence-corrected chi connectivity index (χ3v) is 2.49. The van der Waals surface area contributed by atoms with Gasteiger partial charge in [-0.1, -0.05) is 33.1 Å². The van der Waals surface area contributed by atoms with E-state index in [1.165, 1.54) is 19.3 Å². The van der Waals surface area contributed by atoms with E-state index in [9.17, 15) is 4.79 Å². The Labute approximate surface area is 94.0 Å². The summed E-state index contributed by atoms with van der Waals surface area (Å²) in [6, 6.07) is 0. The highest BCUT2D eigenvalue weighted by atomic mass is 16.2. The summed E-state index contributed by atoms with van der Waals surface area (Å²) in [6.07, 6.45) is 6.36. The summed E-state index contributed by atoms with van der Waals surface area (Å²) in [5.74, 6) is 0.276. The number of hydrogen-bond donors (Lipinski definition) is 1. The summed E-state index contributed by atoms with van der Waals surface area (Å²) in [4.78, 5) is 13.7. The third-order valence-electron chi connectivity index (χ3n) is 2.49. The van der Waals surface area contributed by atoms with E-state index < -0.39 is 0 Å². The number of rotatable bonds is 9. The standard InChI is InChI=1S/C12H26N2O/c1-3-5-6-7-8-12(15)14(10-4-2)11-9-13/h3-11,13H2,1-2H3. The number of nitrogens with zero attached hydrogens (tertiary/aromatic N) is 1. The first-order chi connectivity index (χ1) is 7.26. The van der Waals surface area contributed by atoms with Gasteiger partial charge in [-0.15, -0.1) is 0 Å². The predicted molar refractivity (Wildman–Crippen MR) is 64.7 cm³/mol. The molecule has 90 valence electrons. The lowest BCUT2D eigenvalue weighted by Crippen LogP contribution is -2.35. The molecule has 0 aromatic carbocycles. The van der Waals surface area contributed by atoms with Crippen LogP contribution in [-0.4, -0.2) is 30.4 Å². The molecule has 0 saturated heterocycles. The molecule has 3 heteroatoms. The fraction of sp³-hybridized carbons (Fsp3) is 0.917. The lowest BCUT2D eigenvalue weighted by molar-refractivity contribution is -0.131. The van der Waals surface area contributed by atoms with Crippen LogP contribution in [0.2, 0.25) is 0 Å². The van der Waals surface area contributed by atoms with Crippen LogP contribution in [0, 0.1) is 0 Å². The molecule has 0 fully saturated rings. The first-order valence-corrected chi connectivity index (χ1v) is 6.24. The van der Waals surface area contributed by atoms with Crippen molar-refractivity contribution < 1.29 is 4.79 Å². The van der Waals surface area contributed by atoms with Gasteiger partial charge in [-0.25, -0.2) is 0 Å². The van der Waals surface area contributed by atoms with Crippen LogP contribution < -0.4 is 5.73 Å². The average molecular weight is 214 g/mol. The summed E-state index contributed by atoms with van der Waals surface area (Å²) < 4.78 is 0. The van der Waals surface area contributed by atoms with E-state index in [1.54, 1.807) is 0 Å². The van der Waals surface area contributed by atoms with Gasteiger partial charge >= 0.3 is 0 Å². The van der Waals surface area contributed by atoms with Crippen molar-refractivity contribution in [2.45, 2.75) is 52.4 Å². The van der Waals surface area contributed by atoms with E-state index in [0.29, 0.717) is 19.5 Å². The maximum Gasteiger partial charge on any atom is 0.222 e. The second-order valence-electron chi connectivity index (χ2n) is 3.98. The molecule has 0 saturated carbocycles. The number of unbranched alkanes of at least 4 members (excludes halogenated alkanes) is 3. The molecule has 15 heavy (non-hydrogen) atoms. The van der Waals surface area contributed by atoms with E-state index in [2.05, 4.69) is 13.8 Å². The van der Waals surface area contributed by atoms with E-state index in [0.717, 1.165) is 19.4 Å². The number of nitrogens with two attached hydrogens (primary N) is 1. The summed E-state index contributed by atoms with van der Waals surface area (Å²) in [5.41, 5.74) is 5.48. The molecule has 0 atom stereocenters. The monoisotopic (exact) mass is 214 g/mol. The van der Waals surface area contributed by atoms with Gasteiger partial charge in [-0.3, -0.25) is 4.79 Å². The van der Waals surface area contributed by atoms with E-state index in [-0.39, 0.29) is 5.91 Å². The molecule has 0 rings (SSSR count). The fourth-order valence-corrected chi connectivity index (χ4v) is 1.65. The summed E-state index contributed by atoms with van der Waals surface area (Å²) in [7, 11) is 0. The topological polar surface area (TPSA) is 46.3 Å². The van der Waals surface area contributed by atoms with Crippen LogP contribution in [0.4, 0.5) is 0 Å². The van der Waals surface area contributed by atoms with Crippen LogP contribution in [0.25, 0.3) is 0 Å². The molecule has 0 heterocycles. The Morgan fingerprint density at radius 3 is 2.33 bits per heavy atom. The highest BCUT2D eigenvalue weighted by Gasteiger charge is 2.10. The van der Waals surface area contributed by atoms with Crippen molar-refractivity contribution in [1.82, 2.24) is 4.90 Å². The van der Waals surface area contributed by atoms with E-state index in [1.807, 2.05) is 4.90 Å². The molecule has 0 radical (unpaired) electrons. The van der Waals surface area contributed by atoms with Gasteiger partial charge < -0.3 is 10.6 Å². The second kappa shape index (κ2) is 9.97. The molecule has 0 spiro atoms. The van der Waals surface area contributed by atoms with Crippen LogP contribution in [0.15, 0.2) is 0 Å². The normalized spacial score (nSPS) is 10.3. The quantitative estimate of drug-likeness (QED) is 0.598. The lowest BCUT2D eigenvalue weighted by atomic mass is 10.1. The van der Waals surface area contributed by atoms with Gasteiger partial charge in [0.05, 0.1) is 0 Å². The van der Waals surface area contributed by atoms with Crippen LogP contribution in [0.1, 0.15) is 52.4 Å². The lowest BCUT2D eigenvalue weighted by Gasteiger charge is -2.21. The summed E-state index contributed by atoms with van der Waals surface area (Å²) in [5, 5.41) is 0. The molecule has 0 aliphatic heterocycles. The summed E-state index contributed by atoms with van der Waals surface area (Å²) >= 11 is 0. The second-order valence-corrected chi connectivity index (χ2v) is 3.98. The van der Waals surface area contributed by atoms with E-state index >= 15 is 0 Å². The molecule has 0 aromatic rings. The van der Waals surface area contributed by atoms with E-state index in [4.69, 9.17) is 5.73 Å². The molecule has 0 aliphatic carbocycles. The molecule has 0 bridgehead atoms. The average Bonchev–Trinajstić information content (AvgIpc) is 2.24. The third kappa shape index (κ3) is 7.37. The SMILES string of the molecule is CCCCCCC(=O)N(CCC)CCN. The smallest absolute Gasteiger partial charge is 0.222 e. The molecule has 0 aliphatic rings. The Hall–Kier alpha value is -0.570. The molecule has 2 N–H and O–H groups in total. The molecular weight excluding hydrogens is 188 g/mol. The van der Waals surface area contributed by atoms with Gasteiger partial charge in [0.15, 0.2) is 0 Å². The van der Waals surface area contributed by atoms with Crippen LogP contribution in [0.3, 0.4) is 0 Å². The molecule has 0 aromatic heterocycles. The molecule has 1 amide bonds. The Kier molecular flexibility index (Phi) is 9.59. The molecule has 3 nitrogen and oxygen atoms in total. The first kappa shape index (κ1) is 14.4. The zero-order chi connectivity index (χ0) is 11.5. The minimum Gasteiger partial charge on any atom is -0.341 e. The summed E-state index contributed by atoms with van der Waals surface area (Å²) in [6.45, 7) is 6.40. The van der Waals surface area contributed by atoms with Crippen LogP contribution in [0.5, 0.6) is 0 Å². The zero-order valence-corrected chi connectivity index (χ0v) is 10.3. The maximum absolute atomic E-state index is 11.8. The first-order valence-electron chi connectivity index (χ1n) is 6.24. The zero-order valence-electron chi connectivity index (χ0n) is 10.3. The maximum atomic E-state index is 11.8. The van der Waals surface area contributed by atoms with Gasteiger partial charge in [0, 0.05) is 26.1 Å². The van der Waals surface area contributed by atoms with Gasteiger partial charge in [0.2, 0.25) is 5.91 Å². The van der Waals surface area contributed by atoms with Crippen molar-refractivity contribution in [1.29, 1.82) is 0 Å². The van der Waals surface area contributed by atoms with Gasteiger partial charge in [0.1, 0.15) is 0 Å². The number of amides is 1. The van der Waals surface area contributed by atoms with Gasteiger partial charge in [0.25, 0.3) is 0 Å². The van der Waals surface area contributed by atoms with Crippen LogP contribution >= 0.6 is 0 Å². The van der Waals surface area contributed by atoms with Gasteiger partial charge in [-0.05, 0) is 12.8 Å². The van der Waals surface area contributed by atoms with Crippen molar-refractivity contribution in [3.8, 4) is 0 Å². The van der Waals surface area contributed by atoms with Crippen LogP contribution in [-0.2, 0) is 4.79 Å². The number of hydrogen-bond acceptors (Lipinski definition) is 2. The minimum atomic E-state index is 0.276. The Balaban J connectivity index is 3.70. The largest absolute Gasteiger partial charge is 0.341 e.